The summed E-state index contributed by atoms with van der Waals surface area (Å²) < 4.78 is 6.26. The number of carboxylic acids is 1. The van der Waals surface area contributed by atoms with E-state index in [1.54, 1.807) is 6.07 Å². The zero-order valence-corrected chi connectivity index (χ0v) is 14.1. The second-order valence-corrected chi connectivity index (χ2v) is 6.36. The second-order valence-electron chi connectivity index (χ2n) is 5.44. The van der Waals surface area contributed by atoms with E-state index in [1.165, 1.54) is 0 Å². The largest absolute Gasteiger partial charge is 0.478 e. The van der Waals surface area contributed by atoms with Gasteiger partial charge in [0, 0.05) is 36.0 Å². The Bertz CT molecular complexity index is 512. The number of aromatic carboxylic acids is 1. The first-order valence-electron chi connectivity index (χ1n) is 7.42. The number of anilines is 1. The highest BCUT2D eigenvalue weighted by Crippen LogP contribution is 2.32. The van der Waals surface area contributed by atoms with Gasteiger partial charge in [-0.2, -0.15) is 0 Å². The van der Waals surface area contributed by atoms with Crippen LogP contribution < -0.4 is 4.90 Å². The van der Waals surface area contributed by atoms with Gasteiger partial charge in [0.05, 0.1) is 5.56 Å². The number of benzene rings is 1. The minimum atomic E-state index is -0.876. The summed E-state index contributed by atoms with van der Waals surface area (Å²) >= 11 is 3.44. The summed E-state index contributed by atoms with van der Waals surface area (Å²) in [6.45, 7) is 6.54. The predicted octanol–water partition coefficient (Wildman–Crippen LogP) is 3.85. The highest BCUT2D eigenvalue weighted by Gasteiger charge is 2.24. The van der Waals surface area contributed by atoms with Crippen LogP contribution in [0.25, 0.3) is 0 Å². The molecular formula is C16H22BrNO3. The molecule has 1 aromatic rings. The van der Waals surface area contributed by atoms with E-state index >= 15 is 0 Å². The van der Waals surface area contributed by atoms with Gasteiger partial charge < -0.3 is 14.7 Å². The van der Waals surface area contributed by atoms with Crippen LogP contribution in [0.3, 0.4) is 0 Å². The Hall–Kier alpha value is -1.07. The molecule has 2 rings (SSSR count). The van der Waals surface area contributed by atoms with Crippen LogP contribution >= 0.6 is 15.9 Å². The fourth-order valence-corrected chi connectivity index (χ4v) is 3.37. The number of hydrogen-bond donors (Lipinski definition) is 1. The van der Waals surface area contributed by atoms with Crippen molar-refractivity contribution in [2.75, 3.05) is 24.7 Å². The third kappa shape index (κ3) is 3.77. The van der Waals surface area contributed by atoms with Gasteiger partial charge >= 0.3 is 5.97 Å². The Morgan fingerprint density at radius 3 is 2.67 bits per heavy atom. The third-order valence-electron chi connectivity index (χ3n) is 3.98. The summed E-state index contributed by atoms with van der Waals surface area (Å²) in [6, 6.07) is 4.13. The van der Waals surface area contributed by atoms with Gasteiger partial charge in [-0.15, -0.1) is 0 Å². The Labute approximate surface area is 134 Å². The van der Waals surface area contributed by atoms with E-state index in [-0.39, 0.29) is 0 Å². The van der Waals surface area contributed by atoms with Crippen LogP contribution in [0.4, 0.5) is 5.69 Å². The molecule has 0 atom stereocenters. The molecule has 1 aliphatic heterocycles. The molecule has 0 amide bonds. The Morgan fingerprint density at radius 1 is 1.43 bits per heavy atom. The zero-order chi connectivity index (χ0) is 15.4. The molecule has 1 aliphatic rings. The lowest BCUT2D eigenvalue weighted by molar-refractivity contribution is 0.0695. The van der Waals surface area contributed by atoms with E-state index in [0.717, 1.165) is 54.7 Å². The van der Waals surface area contributed by atoms with Crippen LogP contribution in [-0.4, -0.2) is 36.9 Å². The molecule has 0 spiro atoms. The Kier molecular flexibility index (Phi) is 5.65. The van der Waals surface area contributed by atoms with Crippen molar-refractivity contribution in [1.29, 1.82) is 0 Å². The first-order valence-corrected chi connectivity index (χ1v) is 8.21. The van der Waals surface area contributed by atoms with Crippen LogP contribution in [0.5, 0.6) is 0 Å². The fourth-order valence-electron chi connectivity index (χ4n) is 2.92. The summed E-state index contributed by atoms with van der Waals surface area (Å²) in [4.78, 5) is 13.8. The van der Waals surface area contributed by atoms with Crippen molar-refractivity contribution in [3.63, 3.8) is 0 Å². The monoisotopic (exact) mass is 355 g/mol. The average Bonchev–Trinajstić information content (AvgIpc) is 2.47. The lowest BCUT2D eigenvalue weighted by Gasteiger charge is -2.37. The second kappa shape index (κ2) is 7.27. The van der Waals surface area contributed by atoms with E-state index < -0.39 is 5.97 Å². The molecule has 1 N–H and O–H groups in total. The van der Waals surface area contributed by atoms with Crippen LogP contribution in [0.1, 0.15) is 42.1 Å². The third-order valence-corrected chi connectivity index (χ3v) is 4.44. The minimum absolute atomic E-state index is 0.368. The van der Waals surface area contributed by atoms with Crippen molar-refractivity contribution in [3.05, 3.63) is 27.7 Å². The molecule has 0 aliphatic carbocycles. The van der Waals surface area contributed by atoms with Crippen molar-refractivity contribution in [3.8, 4) is 0 Å². The topological polar surface area (TPSA) is 49.8 Å². The normalized spacial score (nSPS) is 16.0. The number of carboxylic acid groups (broad SMARTS) is 1. The SMILES string of the molecule is CCCN(c1cc(Br)cc(C(=O)O)c1C)C1CCOCC1. The van der Waals surface area contributed by atoms with Crippen molar-refractivity contribution in [1.82, 2.24) is 0 Å². The molecular weight excluding hydrogens is 334 g/mol. The molecule has 0 bridgehead atoms. The average molecular weight is 356 g/mol. The molecule has 116 valence electrons. The predicted molar refractivity (Wildman–Crippen MR) is 87.3 cm³/mol. The molecule has 0 aromatic heterocycles. The van der Waals surface area contributed by atoms with Crippen molar-refractivity contribution in [2.45, 2.75) is 39.2 Å². The van der Waals surface area contributed by atoms with Crippen LogP contribution in [-0.2, 0) is 4.74 Å². The smallest absolute Gasteiger partial charge is 0.336 e. The van der Waals surface area contributed by atoms with Crippen molar-refractivity contribution >= 4 is 27.6 Å². The maximum Gasteiger partial charge on any atom is 0.336 e. The van der Waals surface area contributed by atoms with E-state index in [9.17, 15) is 9.90 Å². The Morgan fingerprint density at radius 2 is 2.10 bits per heavy atom. The molecule has 0 unspecified atom stereocenters. The van der Waals surface area contributed by atoms with E-state index in [2.05, 4.69) is 27.8 Å². The number of rotatable bonds is 5. The van der Waals surface area contributed by atoms with Gasteiger partial charge in [0.1, 0.15) is 0 Å². The fraction of sp³-hybridized carbons (Fsp3) is 0.562. The molecule has 1 heterocycles. The number of halogens is 1. The summed E-state index contributed by atoms with van der Waals surface area (Å²) in [7, 11) is 0. The molecule has 0 saturated carbocycles. The van der Waals surface area contributed by atoms with Crippen LogP contribution in [0, 0.1) is 6.92 Å². The van der Waals surface area contributed by atoms with Gasteiger partial charge in [-0.25, -0.2) is 4.79 Å². The number of carbonyl (C=O) groups is 1. The van der Waals surface area contributed by atoms with Crippen molar-refractivity contribution < 1.29 is 14.6 Å². The molecule has 0 radical (unpaired) electrons. The lowest BCUT2D eigenvalue weighted by atomic mass is 10.0. The summed E-state index contributed by atoms with van der Waals surface area (Å²) in [5.74, 6) is -0.876. The van der Waals surface area contributed by atoms with Gasteiger partial charge in [0.25, 0.3) is 0 Å². The molecule has 21 heavy (non-hydrogen) atoms. The standard InChI is InChI=1S/C16H22BrNO3/c1-3-6-18(13-4-7-21-8-5-13)15-10-12(17)9-14(11(15)2)16(19)20/h9-10,13H,3-8H2,1-2H3,(H,19,20). The van der Waals surface area contributed by atoms with Gasteiger partial charge in [-0.05, 0) is 43.9 Å². The molecule has 5 heteroatoms. The van der Waals surface area contributed by atoms with E-state index in [0.29, 0.717) is 11.6 Å². The highest BCUT2D eigenvalue weighted by molar-refractivity contribution is 9.10. The van der Waals surface area contributed by atoms with Gasteiger partial charge in [-0.1, -0.05) is 22.9 Å². The highest BCUT2D eigenvalue weighted by atomic mass is 79.9. The lowest BCUT2D eigenvalue weighted by Crippen LogP contribution is -2.40. The summed E-state index contributed by atoms with van der Waals surface area (Å²) in [5, 5.41) is 9.38. The van der Waals surface area contributed by atoms with E-state index in [4.69, 9.17) is 4.74 Å². The quantitative estimate of drug-likeness (QED) is 0.871. The first kappa shape index (κ1) is 16.3. The summed E-state index contributed by atoms with van der Waals surface area (Å²) in [6.07, 6.45) is 3.02. The summed E-state index contributed by atoms with van der Waals surface area (Å²) in [5.41, 5.74) is 2.23. The maximum absolute atomic E-state index is 11.4. The van der Waals surface area contributed by atoms with Crippen molar-refractivity contribution in [2.24, 2.45) is 0 Å². The minimum Gasteiger partial charge on any atom is -0.478 e. The number of hydrogen-bond acceptors (Lipinski definition) is 3. The molecule has 1 fully saturated rings. The number of nitrogens with zero attached hydrogens (tertiary/aromatic N) is 1. The zero-order valence-electron chi connectivity index (χ0n) is 12.6. The number of ether oxygens (including phenoxy) is 1. The van der Waals surface area contributed by atoms with Gasteiger partial charge in [-0.3, -0.25) is 0 Å². The van der Waals surface area contributed by atoms with Crippen LogP contribution in [0.15, 0.2) is 16.6 Å². The molecule has 4 nitrogen and oxygen atoms in total. The van der Waals surface area contributed by atoms with Gasteiger partial charge in [0.15, 0.2) is 0 Å². The van der Waals surface area contributed by atoms with E-state index in [1.807, 2.05) is 13.0 Å². The maximum atomic E-state index is 11.4. The first-order chi connectivity index (χ1) is 10.0. The Balaban J connectivity index is 2.41. The molecule has 1 aromatic carbocycles. The molecule has 1 saturated heterocycles. The van der Waals surface area contributed by atoms with Gasteiger partial charge in [0.2, 0.25) is 0 Å². The van der Waals surface area contributed by atoms with Crippen LogP contribution in [0.2, 0.25) is 0 Å².